The minimum atomic E-state index is -0.0943. The number of hydrogen-bond acceptors (Lipinski definition) is 4. The zero-order valence-electron chi connectivity index (χ0n) is 13.3. The molecule has 5 heteroatoms. The fourth-order valence-corrected chi connectivity index (χ4v) is 2.36. The van der Waals surface area contributed by atoms with Crippen LogP contribution in [0.2, 0.25) is 0 Å². The third-order valence-electron chi connectivity index (χ3n) is 3.79. The summed E-state index contributed by atoms with van der Waals surface area (Å²) in [5.74, 6) is 1.35. The molecule has 0 saturated carbocycles. The van der Waals surface area contributed by atoms with E-state index in [-0.39, 0.29) is 12.5 Å². The average Bonchev–Trinajstić information content (AvgIpc) is 2.56. The molecule has 5 nitrogen and oxygen atoms in total. The van der Waals surface area contributed by atoms with Crippen LogP contribution in [0.3, 0.4) is 0 Å². The molecule has 2 aromatic rings. The third kappa shape index (κ3) is 3.74. The van der Waals surface area contributed by atoms with Crippen molar-refractivity contribution < 1.29 is 14.3 Å². The predicted octanol–water partition coefficient (Wildman–Crippen LogP) is 3.13. The van der Waals surface area contributed by atoms with Gasteiger partial charge in [0.25, 0.3) is 0 Å². The molecule has 0 aliphatic carbocycles. The van der Waals surface area contributed by atoms with Crippen LogP contribution in [0.1, 0.15) is 11.1 Å². The molecule has 1 aliphatic heterocycles. The van der Waals surface area contributed by atoms with Crippen LogP contribution in [0.25, 0.3) is 0 Å². The normalized spacial score (nSPS) is 12.6. The van der Waals surface area contributed by atoms with Gasteiger partial charge in [-0.3, -0.25) is 4.79 Å². The number of aryl methyl sites for hydroxylation is 2. The lowest BCUT2D eigenvalue weighted by Gasteiger charge is -2.19. The molecule has 0 bridgehead atoms. The van der Waals surface area contributed by atoms with Crippen molar-refractivity contribution in [3.05, 3.63) is 47.5 Å². The summed E-state index contributed by atoms with van der Waals surface area (Å²) in [5.41, 5.74) is 3.99. The van der Waals surface area contributed by atoms with E-state index in [9.17, 15) is 4.79 Å². The number of hydrogen-bond donors (Lipinski definition) is 2. The fourth-order valence-electron chi connectivity index (χ4n) is 2.36. The van der Waals surface area contributed by atoms with Crippen LogP contribution in [0, 0.1) is 13.8 Å². The van der Waals surface area contributed by atoms with Crippen molar-refractivity contribution >= 4 is 17.3 Å². The number of benzene rings is 2. The van der Waals surface area contributed by atoms with Gasteiger partial charge in [0.1, 0.15) is 13.2 Å². The second-order valence-electron chi connectivity index (χ2n) is 5.56. The van der Waals surface area contributed by atoms with Crippen molar-refractivity contribution in [1.82, 2.24) is 0 Å². The summed E-state index contributed by atoms with van der Waals surface area (Å²) >= 11 is 0. The molecule has 2 aromatic carbocycles. The highest BCUT2D eigenvalue weighted by molar-refractivity contribution is 5.93. The van der Waals surface area contributed by atoms with E-state index in [1.165, 1.54) is 5.56 Å². The Kier molecular flexibility index (Phi) is 4.37. The first-order valence-electron chi connectivity index (χ1n) is 7.62. The van der Waals surface area contributed by atoms with Crippen LogP contribution in [-0.4, -0.2) is 25.7 Å². The van der Waals surface area contributed by atoms with Gasteiger partial charge in [-0.25, -0.2) is 0 Å². The molecule has 1 aliphatic rings. The largest absolute Gasteiger partial charge is 0.486 e. The molecule has 0 saturated heterocycles. The number of carbonyl (C=O) groups is 1. The Morgan fingerprint density at radius 2 is 1.70 bits per heavy atom. The maximum absolute atomic E-state index is 12.0. The van der Waals surface area contributed by atoms with E-state index < -0.39 is 0 Å². The smallest absolute Gasteiger partial charge is 0.243 e. The van der Waals surface area contributed by atoms with E-state index in [0.29, 0.717) is 19.0 Å². The Bertz CT molecular complexity index is 728. The van der Waals surface area contributed by atoms with Crippen molar-refractivity contribution in [1.29, 1.82) is 0 Å². The van der Waals surface area contributed by atoms with E-state index in [0.717, 1.165) is 22.7 Å². The van der Waals surface area contributed by atoms with Gasteiger partial charge in [0.05, 0.1) is 6.54 Å². The Balaban J connectivity index is 1.57. The standard InChI is InChI=1S/C18H20N2O3/c1-12-3-4-15(9-13(12)2)20-18(21)11-19-14-5-6-16-17(10-14)23-8-7-22-16/h3-6,9-10,19H,7-8,11H2,1-2H3,(H,20,21). The van der Waals surface area contributed by atoms with Crippen LogP contribution in [0.5, 0.6) is 11.5 Å². The van der Waals surface area contributed by atoms with E-state index in [1.807, 2.05) is 50.2 Å². The highest BCUT2D eigenvalue weighted by atomic mass is 16.6. The summed E-state index contributed by atoms with van der Waals surface area (Å²) in [5, 5.41) is 5.98. The van der Waals surface area contributed by atoms with Crippen molar-refractivity contribution in [3.8, 4) is 11.5 Å². The van der Waals surface area contributed by atoms with Gasteiger partial charge in [0.15, 0.2) is 11.5 Å². The molecule has 23 heavy (non-hydrogen) atoms. The minimum absolute atomic E-state index is 0.0943. The molecule has 0 fully saturated rings. The second-order valence-corrected chi connectivity index (χ2v) is 5.56. The summed E-state index contributed by atoms with van der Waals surface area (Å²) in [6, 6.07) is 11.4. The van der Waals surface area contributed by atoms with Crippen LogP contribution >= 0.6 is 0 Å². The number of carbonyl (C=O) groups excluding carboxylic acids is 1. The SMILES string of the molecule is Cc1ccc(NC(=O)CNc2ccc3c(c2)OCCO3)cc1C. The number of nitrogens with one attached hydrogen (secondary N) is 2. The maximum atomic E-state index is 12.0. The molecule has 3 rings (SSSR count). The topological polar surface area (TPSA) is 59.6 Å². The molecule has 0 aromatic heterocycles. The van der Waals surface area contributed by atoms with E-state index >= 15 is 0 Å². The maximum Gasteiger partial charge on any atom is 0.243 e. The van der Waals surface area contributed by atoms with Gasteiger partial charge in [-0.2, -0.15) is 0 Å². The van der Waals surface area contributed by atoms with E-state index in [2.05, 4.69) is 10.6 Å². The molecule has 1 amide bonds. The highest BCUT2D eigenvalue weighted by Gasteiger charge is 2.12. The average molecular weight is 312 g/mol. The molecule has 1 heterocycles. The number of fused-ring (bicyclic) bond motifs is 1. The first-order chi connectivity index (χ1) is 11.1. The number of amides is 1. The Labute approximate surface area is 135 Å². The zero-order valence-corrected chi connectivity index (χ0v) is 13.3. The lowest BCUT2D eigenvalue weighted by atomic mass is 10.1. The van der Waals surface area contributed by atoms with Gasteiger partial charge in [0.2, 0.25) is 5.91 Å². The van der Waals surface area contributed by atoms with Crippen molar-refractivity contribution in [3.63, 3.8) is 0 Å². The lowest BCUT2D eigenvalue weighted by molar-refractivity contribution is -0.114. The van der Waals surface area contributed by atoms with Crippen molar-refractivity contribution in [2.45, 2.75) is 13.8 Å². The zero-order chi connectivity index (χ0) is 16.2. The lowest BCUT2D eigenvalue weighted by Crippen LogP contribution is -2.22. The first kappa shape index (κ1) is 15.2. The van der Waals surface area contributed by atoms with Gasteiger partial charge in [-0.15, -0.1) is 0 Å². The minimum Gasteiger partial charge on any atom is -0.486 e. The van der Waals surface area contributed by atoms with Gasteiger partial charge in [-0.1, -0.05) is 6.07 Å². The Hall–Kier alpha value is -2.69. The molecular formula is C18H20N2O3. The summed E-state index contributed by atoms with van der Waals surface area (Å²) in [7, 11) is 0. The molecule has 120 valence electrons. The van der Waals surface area contributed by atoms with Crippen LogP contribution in [-0.2, 0) is 4.79 Å². The van der Waals surface area contributed by atoms with Crippen molar-refractivity contribution in [2.24, 2.45) is 0 Å². The summed E-state index contributed by atoms with van der Waals surface area (Å²) in [6.45, 7) is 5.37. The molecule has 0 radical (unpaired) electrons. The first-order valence-corrected chi connectivity index (χ1v) is 7.62. The molecule has 2 N–H and O–H groups in total. The highest BCUT2D eigenvalue weighted by Crippen LogP contribution is 2.32. The number of anilines is 2. The second kappa shape index (κ2) is 6.60. The van der Waals surface area contributed by atoms with E-state index in [1.54, 1.807) is 0 Å². The predicted molar refractivity (Wildman–Crippen MR) is 90.5 cm³/mol. The third-order valence-corrected chi connectivity index (χ3v) is 3.79. The van der Waals surface area contributed by atoms with E-state index in [4.69, 9.17) is 9.47 Å². The van der Waals surface area contributed by atoms with Crippen LogP contribution in [0.15, 0.2) is 36.4 Å². The molecule has 0 atom stereocenters. The molecular weight excluding hydrogens is 292 g/mol. The number of rotatable bonds is 4. The molecule has 0 unspecified atom stereocenters. The van der Waals surface area contributed by atoms with Gasteiger partial charge < -0.3 is 20.1 Å². The van der Waals surface area contributed by atoms with Crippen LogP contribution in [0.4, 0.5) is 11.4 Å². The van der Waals surface area contributed by atoms with Gasteiger partial charge >= 0.3 is 0 Å². The fraction of sp³-hybridized carbons (Fsp3) is 0.278. The monoisotopic (exact) mass is 312 g/mol. The summed E-state index contributed by atoms with van der Waals surface area (Å²) in [6.07, 6.45) is 0. The van der Waals surface area contributed by atoms with Gasteiger partial charge in [0, 0.05) is 17.4 Å². The Morgan fingerprint density at radius 1 is 0.957 bits per heavy atom. The number of ether oxygens (including phenoxy) is 2. The van der Waals surface area contributed by atoms with Gasteiger partial charge in [-0.05, 0) is 49.2 Å². The quantitative estimate of drug-likeness (QED) is 0.910. The summed E-state index contributed by atoms with van der Waals surface area (Å²) in [4.78, 5) is 12.0. The molecule has 0 spiro atoms. The summed E-state index contributed by atoms with van der Waals surface area (Å²) < 4.78 is 11.0. The van der Waals surface area contributed by atoms with Crippen molar-refractivity contribution in [2.75, 3.05) is 30.4 Å². The van der Waals surface area contributed by atoms with Crippen LogP contribution < -0.4 is 20.1 Å². The Morgan fingerprint density at radius 3 is 2.48 bits per heavy atom.